The number of hydrogen-bond acceptors (Lipinski definition) is 3. The van der Waals surface area contributed by atoms with Gasteiger partial charge in [0.2, 0.25) is 5.91 Å². The molecule has 132 valence electrons. The van der Waals surface area contributed by atoms with E-state index in [1.165, 1.54) is 12.1 Å². The number of benzene rings is 2. The van der Waals surface area contributed by atoms with Gasteiger partial charge in [-0.3, -0.25) is 9.69 Å². The van der Waals surface area contributed by atoms with Crippen LogP contribution in [0.5, 0.6) is 0 Å². The quantitative estimate of drug-likeness (QED) is 0.806. The van der Waals surface area contributed by atoms with Crippen molar-refractivity contribution in [2.45, 2.75) is 19.9 Å². The lowest BCUT2D eigenvalue weighted by molar-refractivity contribution is -0.121. The highest BCUT2D eigenvalue weighted by Gasteiger charge is 2.26. The molecule has 0 aliphatic rings. The van der Waals surface area contributed by atoms with E-state index in [2.05, 4.69) is 5.32 Å². The van der Waals surface area contributed by atoms with Crippen molar-refractivity contribution in [2.24, 2.45) is 0 Å². The third-order valence-corrected chi connectivity index (χ3v) is 4.02. The van der Waals surface area contributed by atoms with Crippen LogP contribution < -0.4 is 5.32 Å². The number of aromatic carboxylic acids is 1. The second-order valence-electron chi connectivity index (χ2n) is 5.52. The number of likely N-dealkylation sites (N-methyl/N-ethyl adjacent to an activating group) is 1. The summed E-state index contributed by atoms with van der Waals surface area (Å²) in [6.07, 6.45) is 0. The molecule has 2 aromatic rings. The van der Waals surface area contributed by atoms with Crippen LogP contribution in [0.2, 0.25) is 0 Å². The molecule has 0 saturated carbocycles. The van der Waals surface area contributed by atoms with Gasteiger partial charge < -0.3 is 10.4 Å². The molecule has 1 atom stereocenters. The van der Waals surface area contributed by atoms with Gasteiger partial charge >= 0.3 is 5.97 Å². The number of carboxylic acid groups (broad SMARTS) is 1. The third-order valence-electron chi connectivity index (χ3n) is 4.02. The summed E-state index contributed by atoms with van der Waals surface area (Å²) in [5.74, 6) is -2.36. The highest BCUT2D eigenvalue weighted by molar-refractivity contribution is 5.96. The van der Waals surface area contributed by atoms with Crippen molar-refractivity contribution in [1.29, 1.82) is 0 Å². The molecule has 2 aromatic carbocycles. The fourth-order valence-corrected chi connectivity index (χ4v) is 2.70. The summed E-state index contributed by atoms with van der Waals surface area (Å²) in [5.41, 5.74) is 0.605. The number of nitrogens with zero attached hydrogens (tertiary/aromatic N) is 1. The average molecular weight is 344 g/mol. The van der Waals surface area contributed by atoms with E-state index in [0.29, 0.717) is 13.1 Å². The molecule has 0 aliphatic carbocycles. The van der Waals surface area contributed by atoms with Crippen LogP contribution in [0.3, 0.4) is 0 Å². The molecule has 0 spiro atoms. The molecule has 1 unspecified atom stereocenters. The van der Waals surface area contributed by atoms with Gasteiger partial charge in [0, 0.05) is 0 Å². The molecule has 0 aliphatic heterocycles. The lowest BCUT2D eigenvalue weighted by atomic mass is 10.0. The summed E-state index contributed by atoms with van der Waals surface area (Å²) < 4.78 is 14.1. The molecule has 0 aromatic heterocycles. The molecule has 1 amide bonds. The number of carbonyl (C=O) groups excluding carboxylic acids is 1. The summed E-state index contributed by atoms with van der Waals surface area (Å²) in [6, 6.07) is 12.1. The minimum absolute atomic E-state index is 0.0388. The fraction of sp³-hybridized carbons (Fsp3) is 0.263. The Bertz CT molecular complexity index is 746. The van der Waals surface area contributed by atoms with Crippen LogP contribution in [0.25, 0.3) is 0 Å². The highest BCUT2D eigenvalue weighted by atomic mass is 19.1. The van der Waals surface area contributed by atoms with Crippen molar-refractivity contribution in [3.63, 3.8) is 0 Å². The first-order chi connectivity index (χ1) is 12.0. The predicted molar refractivity (Wildman–Crippen MR) is 94.1 cm³/mol. The Labute approximate surface area is 146 Å². The first-order valence-corrected chi connectivity index (χ1v) is 8.10. The van der Waals surface area contributed by atoms with E-state index in [9.17, 15) is 14.0 Å². The predicted octanol–water partition coefficient (Wildman–Crippen LogP) is 3.55. The lowest BCUT2D eigenvalue weighted by Gasteiger charge is -2.29. The normalized spacial score (nSPS) is 12.0. The van der Waals surface area contributed by atoms with Gasteiger partial charge in [-0.15, -0.1) is 0 Å². The van der Waals surface area contributed by atoms with Crippen LogP contribution in [0, 0.1) is 5.82 Å². The molecule has 0 saturated heterocycles. The molecule has 0 bridgehead atoms. The Balaban J connectivity index is 2.30. The second-order valence-corrected chi connectivity index (χ2v) is 5.52. The van der Waals surface area contributed by atoms with Crippen LogP contribution in [0.4, 0.5) is 10.1 Å². The van der Waals surface area contributed by atoms with Crippen LogP contribution >= 0.6 is 0 Å². The van der Waals surface area contributed by atoms with E-state index in [1.54, 1.807) is 0 Å². The molecule has 25 heavy (non-hydrogen) atoms. The Kier molecular flexibility index (Phi) is 6.25. The maximum Gasteiger partial charge on any atom is 0.335 e. The second kappa shape index (κ2) is 8.39. The van der Waals surface area contributed by atoms with Crippen molar-refractivity contribution in [1.82, 2.24) is 4.90 Å². The van der Waals surface area contributed by atoms with Crippen molar-refractivity contribution in [3.8, 4) is 0 Å². The SMILES string of the molecule is CCN(CC)C(C(=O)Nc1ccc(C(=O)O)cc1F)c1ccccc1. The fourth-order valence-electron chi connectivity index (χ4n) is 2.70. The molecule has 2 rings (SSSR count). The maximum absolute atomic E-state index is 14.1. The van der Waals surface area contributed by atoms with Crippen molar-refractivity contribution < 1.29 is 19.1 Å². The molecule has 0 heterocycles. The van der Waals surface area contributed by atoms with Crippen LogP contribution in [-0.2, 0) is 4.79 Å². The van der Waals surface area contributed by atoms with Crippen molar-refractivity contribution >= 4 is 17.6 Å². The maximum atomic E-state index is 14.1. The van der Waals surface area contributed by atoms with Crippen LogP contribution in [0.15, 0.2) is 48.5 Å². The van der Waals surface area contributed by atoms with Crippen LogP contribution in [0.1, 0.15) is 35.8 Å². The number of carbonyl (C=O) groups is 2. The third kappa shape index (κ3) is 4.42. The molecule has 6 heteroatoms. The molecule has 2 N–H and O–H groups in total. The molecular formula is C19H21FN2O3. The minimum atomic E-state index is -1.22. The highest BCUT2D eigenvalue weighted by Crippen LogP contribution is 2.24. The first kappa shape index (κ1) is 18.6. The zero-order chi connectivity index (χ0) is 18.4. The van der Waals surface area contributed by atoms with E-state index in [0.717, 1.165) is 11.6 Å². The van der Waals surface area contributed by atoms with Gasteiger partial charge in [0.1, 0.15) is 11.9 Å². The number of carboxylic acids is 1. The van der Waals surface area contributed by atoms with E-state index in [4.69, 9.17) is 5.11 Å². The zero-order valence-corrected chi connectivity index (χ0v) is 14.2. The standard InChI is InChI=1S/C19H21FN2O3/c1-3-22(4-2)17(13-8-6-5-7-9-13)18(23)21-16-11-10-14(19(24)25)12-15(16)20/h5-12,17H,3-4H2,1-2H3,(H,21,23)(H,24,25). The number of amides is 1. The molecular weight excluding hydrogens is 323 g/mol. The Morgan fingerprint density at radius 3 is 2.28 bits per heavy atom. The van der Waals surface area contributed by atoms with Gasteiger partial charge in [-0.05, 0) is 36.9 Å². The number of hydrogen-bond donors (Lipinski definition) is 2. The Morgan fingerprint density at radius 2 is 1.76 bits per heavy atom. The van der Waals surface area contributed by atoms with E-state index >= 15 is 0 Å². The Morgan fingerprint density at radius 1 is 1.12 bits per heavy atom. The Hall–Kier alpha value is -2.73. The molecule has 0 radical (unpaired) electrons. The molecule has 5 nitrogen and oxygen atoms in total. The smallest absolute Gasteiger partial charge is 0.335 e. The minimum Gasteiger partial charge on any atom is -0.478 e. The molecule has 0 fully saturated rings. The zero-order valence-electron chi connectivity index (χ0n) is 14.2. The summed E-state index contributed by atoms with van der Waals surface area (Å²) in [5, 5.41) is 11.5. The van der Waals surface area contributed by atoms with Gasteiger partial charge in [-0.2, -0.15) is 0 Å². The largest absolute Gasteiger partial charge is 0.478 e. The van der Waals surface area contributed by atoms with Gasteiger partial charge in [-0.25, -0.2) is 9.18 Å². The average Bonchev–Trinajstić information content (AvgIpc) is 2.61. The summed E-state index contributed by atoms with van der Waals surface area (Å²) >= 11 is 0. The van der Waals surface area contributed by atoms with E-state index in [1.807, 2.05) is 49.1 Å². The topological polar surface area (TPSA) is 69.6 Å². The van der Waals surface area contributed by atoms with Gasteiger partial charge in [0.25, 0.3) is 0 Å². The number of halogens is 1. The van der Waals surface area contributed by atoms with Gasteiger partial charge in [0.15, 0.2) is 0 Å². The van der Waals surface area contributed by atoms with Gasteiger partial charge in [0.05, 0.1) is 11.3 Å². The summed E-state index contributed by atoms with van der Waals surface area (Å²) in [6.45, 7) is 5.22. The van der Waals surface area contributed by atoms with Crippen LogP contribution in [-0.4, -0.2) is 35.0 Å². The monoisotopic (exact) mass is 344 g/mol. The van der Waals surface area contributed by atoms with Crippen molar-refractivity contribution in [2.75, 3.05) is 18.4 Å². The number of anilines is 1. The van der Waals surface area contributed by atoms with E-state index < -0.39 is 17.8 Å². The van der Waals surface area contributed by atoms with Crippen molar-refractivity contribution in [3.05, 3.63) is 65.5 Å². The number of rotatable bonds is 7. The van der Waals surface area contributed by atoms with E-state index in [-0.39, 0.29) is 17.2 Å². The first-order valence-electron chi connectivity index (χ1n) is 8.10. The van der Waals surface area contributed by atoms with Gasteiger partial charge in [-0.1, -0.05) is 44.2 Å². The summed E-state index contributed by atoms with van der Waals surface area (Å²) in [4.78, 5) is 25.7. The number of nitrogens with one attached hydrogen (secondary N) is 1. The lowest BCUT2D eigenvalue weighted by Crippen LogP contribution is -2.37. The summed E-state index contributed by atoms with van der Waals surface area (Å²) in [7, 11) is 0.